The summed E-state index contributed by atoms with van der Waals surface area (Å²) < 4.78 is 0. The fourth-order valence-corrected chi connectivity index (χ4v) is 2.42. The minimum Gasteiger partial charge on any atom is -0.312 e. The third kappa shape index (κ3) is 3.96. The third-order valence-corrected chi connectivity index (χ3v) is 3.37. The lowest BCUT2D eigenvalue weighted by molar-refractivity contribution is 0.142. The zero-order chi connectivity index (χ0) is 11.5. The molecule has 0 spiro atoms. The molecule has 1 unspecified atom stereocenters. The summed E-state index contributed by atoms with van der Waals surface area (Å²) in [6, 6.07) is 0.621. The van der Waals surface area contributed by atoms with Crippen molar-refractivity contribution in [3.05, 3.63) is 12.2 Å². The molecular weight excluding hydrogens is 184 g/mol. The van der Waals surface area contributed by atoms with Crippen molar-refractivity contribution < 1.29 is 0 Å². The van der Waals surface area contributed by atoms with Crippen LogP contribution in [-0.4, -0.2) is 37.6 Å². The normalized spacial score (nSPS) is 25.5. The highest BCUT2D eigenvalue weighted by molar-refractivity contribution is 4.94. The van der Waals surface area contributed by atoms with Crippen molar-refractivity contribution in [3.63, 3.8) is 0 Å². The first-order chi connectivity index (χ1) is 6.92. The Kier molecular flexibility index (Phi) is 4.35. The summed E-state index contributed by atoms with van der Waals surface area (Å²) in [5.41, 5.74) is 1.67. The van der Waals surface area contributed by atoms with E-state index in [1.165, 1.54) is 25.0 Å². The van der Waals surface area contributed by atoms with E-state index in [9.17, 15) is 0 Å². The van der Waals surface area contributed by atoms with Crippen LogP contribution < -0.4 is 5.32 Å². The molecule has 1 atom stereocenters. The lowest BCUT2D eigenvalue weighted by Crippen LogP contribution is -2.52. The maximum absolute atomic E-state index is 3.96. The Labute approximate surface area is 94.7 Å². The summed E-state index contributed by atoms with van der Waals surface area (Å²) in [4.78, 5) is 2.37. The molecule has 88 valence electrons. The number of nitrogens with zero attached hydrogens (tertiary/aromatic N) is 1. The number of hydrogen-bond acceptors (Lipinski definition) is 2. The van der Waals surface area contributed by atoms with Gasteiger partial charge in [-0.2, -0.15) is 0 Å². The van der Waals surface area contributed by atoms with E-state index in [0.29, 0.717) is 11.5 Å². The van der Waals surface area contributed by atoms with Crippen molar-refractivity contribution in [2.75, 3.05) is 26.7 Å². The Morgan fingerprint density at radius 3 is 2.73 bits per heavy atom. The van der Waals surface area contributed by atoms with Crippen molar-refractivity contribution in [1.82, 2.24) is 10.2 Å². The average molecular weight is 210 g/mol. The Bertz CT molecular complexity index is 221. The van der Waals surface area contributed by atoms with Crippen LogP contribution in [0.3, 0.4) is 0 Å². The van der Waals surface area contributed by atoms with Crippen molar-refractivity contribution in [1.29, 1.82) is 0 Å². The molecule has 1 fully saturated rings. The standard InChI is InChI=1S/C13H26N2/c1-11(2)9-15(5)10-12-13(3,4)7-6-8-14-12/h12,14H,1,6-10H2,2-5H3. The molecule has 2 nitrogen and oxygen atoms in total. The maximum Gasteiger partial charge on any atom is 0.0246 e. The van der Waals surface area contributed by atoms with Gasteiger partial charge in [0.05, 0.1) is 0 Å². The molecule has 1 aliphatic heterocycles. The van der Waals surface area contributed by atoms with E-state index in [1.54, 1.807) is 0 Å². The van der Waals surface area contributed by atoms with Gasteiger partial charge in [-0.05, 0) is 38.8 Å². The van der Waals surface area contributed by atoms with Gasteiger partial charge in [0.25, 0.3) is 0 Å². The molecule has 0 aromatic rings. The summed E-state index contributed by atoms with van der Waals surface area (Å²) in [5, 5.41) is 3.64. The van der Waals surface area contributed by atoms with Crippen LogP contribution in [0.15, 0.2) is 12.2 Å². The number of nitrogens with one attached hydrogen (secondary N) is 1. The zero-order valence-corrected chi connectivity index (χ0v) is 10.8. The van der Waals surface area contributed by atoms with E-state index in [2.05, 4.69) is 44.6 Å². The van der Waals surface area contributed by atoms with Crippen molar-refractivity contribution in [2.45, 2.75) is 39.7 Å². The summed E-state index contributed by atoms with van der Waals surface area (Å²) in [5.74, 6) is 0. The monoisotopic (exact) mass is 210 g/mol. The first-order valence-corrected chi connectivity index (χ1v) is 5.98. The molecule has 0 aliphatic carbocycles. The van der Waals surface area contributed by atoms with Crippen LogP contribution in [0.2, 0.25) is 0 Å². The van der Waals surface area contributed by atoms with Crippen LogP contribution in [0.4, 0.5) is 0 Å². The molecule has 0 amide bonds. The molecule has 0 aromatic heterocycles. The van der Waals surface area contributed by atoms with E-state index in [4.69, 9.17) is 0 Å². The van der Waals surface area contributed by atoms with Crippen LogP contribution in [-0.2, 0) is 0 Å². The predicted octanol–water partition coefficient (Wildman–Crippen LogP) is 2.27. The summed E-state index contributed by atoms with van der Waals surface area (Å²) in [6.07, 6.45) is 2.65. The second-order valence-electron chi connectivity index (χ2n) is 5.75. The van der Waals surface area contributed by atoms with E-state index in [0.717, 1.165) is 13.1 Å². The summed E-state index contributed by atoms with van der Waals surface area (Å²) >= 11 is 0. The third-order valence-electron chi connectivity index (χ3n) is 3.37. The fraction of sp³-hybridized carbons (Fsp3) is 0.846. The molecule has 15 heavy (non-hydrogen) atoms. The molecule has 1 heterocycles. The van der Waals surface area contributed by atoms with Gasteiger partial charge in [-0.3, -0.25) is 0 Å². The van der Waals surface area contributed by atoms with Gasteiger partial charge in [-0.15, -0.1) is 0 Å². The first kappa shape index (κ1) is 12.7. The Hall–Kier alpha value is -0.340. The molecular formula is C13H26N2. The molecule has 0 radical (unpaired) electrons. The van der Waals surface area contributed by atoms with E-state index in [1.807, 2.05) is 0 Å². The highest BCUT2D eigenvalue weighted by atomic mass is 15.1. The van der Waals surface area contributed by atoms with Crippen LogP contribution in [0, 0.1) is 5.41 Å². The largest absolute Gasteiger partial charge is 0.312 e. The number of likely N-dealkylation sites (N-methyl/N-ethyl adjacent to an activating group) is 1. The van der Waals surface area contributed by atoms with Crippen LogP contribution >= 0.6 is 0 Å². The van der Waals surface area contributed by atoms with Gasteiger partial charge < -0.3 is 10.2 Å². The van der Waals surface area contributed by atoms with Gasteiger partial charge in [-0.25, -0.2) is 0 Å². The molecule has 1 N–H and O–H groups in total. The molecule has 2 heteroatoms. The second-order valence-corrected chi connectivity index (χ2v) is 5.75. The van der Waals surface area contributed by atoms with Crippen LogP contribution in [0.1, 0.15) is 33.6 Å². The molecule has 0 aromatic carbocycles. The van der Waals surface area contributed by atoms with Crippen molar-refractivity contribution in [3.8, 4) is 0 Å². The molecule has 1 rings (SSSR count). The lowest BCUT2D eigenvalue weighted by atomic mass is 9.77. The minimum absolute atomic E-state index is 0.432. The quantitative estimate of drug-likeness (QED) is 0.716. The Morgan fingerprint density at radius 2 is 2.20 bits per heavy atom. The van der Waals surface area contributed by atoms with Gasteiger partial charge >= 0.3 is 0 Å². The van der Waals surface area contributed by atoms with E-state index in [-0.39, 0.29) is 0 Å². The van der Waals surface area contributed by atoms with Crippen molar-refractivity contribution in [2.24, 2.45) is 5.41 Å². The topological polar surface area (TPSA) is 15.3 Å². The van der Waals surface area contributed by atoms with Gasteiger partial charge in [0.15, 0.2) is 0 Å². The van der Waals surface area contributed by atoms with Crippen LogP contribution in [0.25, 0.3) is 0 Å². The molecule has 0 bridgehead atoms. The lowest BCUT2D eigenvalue weighted by Gasteiger charge is -2.41. The highest BCUT2D eigenvalue weighted by Crippen LogP contribution is 2.30. The second kappa shape index (κ2) is 5.13. The SMILES string of the molecule is C=C(C)CN(C)CC1NCCCC1(C)C. The number of rotatable bonds is 4. The highest BCUT2D eigenvalue weighted by Gasteiger charge is 2.32. The fourth-order valence-electron chi connectivity index (χ4n) is 2.42. The van der Waals surface area contributed by atoms with E-state index < -0.39 is 0 Å². The Morgan fingerprint density at radius 1 is 1.53 bits per heavy atom. The van der Waals surface area contributed by atoms with Gasteiger partial charge in [0.2, 0.25) is 0 Å². The number of piperidine rings is 1. The average Bonchev–Trinajstić information content (AvgIpc) is 2.07. The van der Waals surface area contributed by atoms with Crippen LogP contribution in [0.5, 0.6) is 0 Å². The zero-order valence-electron chi connectivity index (χ0n) is 10.8. The predicted molar refractivity (Wildman–Crippen MR) is 67.1 cm³/mol. The van der Waals surface area contributed by atoms with Gasteiger partial charge in [0, 0.05) is 19.1 Å². The van der Waals surface area contributed by atoms with Gasteiger partial charge in [-0.1, -0.05) is 26.0 Å². The van der Waals surface area contributed by atoms with E-state index >= 15 is 0 Å². The summed E-state index contributed by atoms with van der Waals surface area (Å²) in [7, 11) is 2.18. The Balaban J connectivity index is 2.45. The maximum atomic E-state index is 3.96. The molecule has 1 aliphatic rings. The summed E-state index contributed by atoms with van der Waals surface area (Å²) in [6.45, 7) is 14.1. The number of hydrogen-bond donors (Lipinski definition) is 1. The minimum atomic E-state index is 0.432. The molecule has 0 saturated carbocycles. The van der Waals surface area contributed by atoms with Crippen molar-refractivity contribution >= 4 is 0 Å². The van der Waals surface area contributed by atoms with Gasteiger partial charge in [0.1, 0.15) is 0 Å². The smallest absolute Gasteiger partial charge is 0.0246 e. The molecule has 1 saturated heterocycles. The first-order valence-electron chi connectivity index (χ1n) is 5.98.